The molecule has 0 bridgehead atoms. The summed E-state index contributed by atoms with van der Waals surface area (Å²) >= 11 is 0. The van der Waals surface area contributed by atoms with Crippen LogP contribution in [0.5, 0.6) is 0 Å². The lowest BCUT2D eigenvalue weighted by atomic mass is 10.0. The van der Waals surface area contributed by atoms with Crippen molar-refractivity contribution >= 4 is 5.91 Å². The summed E-state index contributed by atoms with van der Waals surface area (Å²) in [7, 11) is 0. The van der Waals surface area contributed by atoms with Gasteiger partial charge in [0.25, 0.3) is 0 Å². The van der Waals surface area contributed by atoms with Crippen LogP contribution in [0.15, 0.2) is 18.2 Å². The molecule has 0 saturated heterocycles. The Hall–Kier alpha value is -1.35. The van der Waals surface area contributed by atoms with Gasteiger partial charge in [-0.2, -0.15) is 0 Å². The maximum atomic E-state index is 10.9. The van der Waals surface area contributed by atoms with E-state index in [0.717, 1.165) is 18.4 Å². The minimum Gasteiger partial charge on any atom is -0.366 e. The van der Waals surface area contributed by atoms with E-state index in [1.54, 1.807) is 6.07 Å². The molecule has 0 aliphatic heterocycles. The van der Waals surface area contributed by atoms with Crippen LogP contribution in [0.3, 0.4) is 0 Å². The van der Waals surface area contributed by atoms with Gasteiger partial charge in [0, 0.05) is 11.6 Å². The number of amides is 1. The third kappa shape index (κ3) is 1.31. The van der Waals surface area contributed by atoms with Gasteiger partial charge in [-0.25, -0.2) is 0 Å². The van der Waals surface area contributed by atoms with Crippen LogP contribution in [-0.4, -0.2) is 5.91 Å². The molecule has 1 aromatic rings. The Morgan fingerprint density at radius 1 is 1.46 bits per heavy atom. The van der Waals surface area contributed by atoms with E-state index >= 15 is 0 Å². The third-order valence-electron chi connectivity index (χ3n) is 2.55. The molecule has 13 heavy (non-hydrogen) atoms. The Balaban J connectivity index is 2.47. The Labute approximate surface area is 76.7 Å². The highest BCUT2D eigenvalue weighted by Gasteiger charge is 2.19. The van der Waals surface area contributed by atoms with Crippen molar-refractivity contribution in [3.05, 3.63) is 34.9 Å². The highest BCUT2D eigenvalue weighted by molar-refractivity contribution is 5.93. The molecule has 2 rings (SSSR count). The largest absolute Gasteiger partial charge is 0.366 e. The summed E-state index contributed by atoms with van der Waals surface area (Å²) < 4.78 is 0. The fourth-order valence-corrected chi connectivity index (χ4v) is 1.79. The normalized spacial score (nSPS) is 19.9. The molecule has 0 radical (unpaired) electrons. The summed E-state index contributed by atoms with van der Waals surface area (Å²) in [6.07, 6.45) is 1.98. The monoisotopic (exact) mass is 176 g/mol. The average molecular weight is 176 g/mol. The van der Waals surface area contributed by atoms with Crippen molar-refractivity contribution in [2.24, 2.45) is 11.5 Å². The second-order valence-electron chi connectivity index (χ2n) is 3.42. The average Bonchev–Trinajstić information content (AvgIpc) is 2.47. The van der Waals surface area contributed by atoms with Gasteiger partial charge < -0.3 is 11.5 Å². The van der Waals surface area contributed by atoms with E-state index in [-0.39, 0.29) is 11.9 Å². The van der Waals surface area contributed by atoms with Gasteiger partial charge in [0.05, 0.1) is 0 Å². The lowest BCUT2D eigenvalue weighted by Crippen LogP contribution is -2.12. The maximum absolute atomic E-state index is 10.9. The van der Waals surface area contributed by atoms with Crippen LogP contribution in [0.1, 0.15) is 33.9 Å². The Morgan fingerprint density at radius 2 is 2.23 bits per heavy atom. The smallest absolute Gasteiger partial charge is 0.248 e. The van der Waals surface area contributed by atoms with Gasteiger partial charge >= 0.3 is 0 Å². The molecule has 0 spiro atoms. The van der Waals surface area contributed by atoms with Gasteiger partial charge in [0.15, 0.2) is 0 Å². The van der Waals surface area contributed by atoms with Crippen molar-refractivity contribution in [1.82, 2.24) is 0 Å². The Bertz CT molecular complexity index is 360. The zero-order valence-electron chi connectivity index (χ0n) is 7.29. The summed E-state index contributed by atoms with van der Waals surface area (Å²) in [6, 6.07) is 5.60. The number of aryl methyl sites for hydroxylation is 1. The second kappa shape index (κ2) is 2.85. The minimum atomic E-state index is -0.387. The molecule has 0 unspecified atom stereocenters. The first-order valence-electron chi connectivity index (χ1n) is 4.36. The Kier molecular flexibility index (Phi) is 1.81. The summed E-state index contributed by atoms with van der Waals surface area (Å²) in [4.78, 5) is 10.9. The number of primary amides is 1. The van der Waals surface area contributed by atoms with Gasteiger partial charge in [-0.05, 0) is 36.1 Å². The fraction of sp³-hybridized carbons (Fsp3) is 0.300. The predicted molar refractivity (Wildman–Crippen MR) is 50.2 cm³/mol. The number of fused-ring (bicyclic) bond motifs is 1. The lowest BCUT2D eigenvalue weighted by Gasteiger charge is -2.05. The lowest BCUT2D eigenvalue weighted by molar-refractivity contribution is 0.1000. The van der Waals surface area contributed by atoms with Crippen molar-refractivity contribution in [2.75, 3.05) is 0 Å². The molecule has 1 atom stereocenters. The van der Waals surface area contributed by atoms with Crippen LogP contribution >= 0.6 is 0 Å². The van der Waals surface area contributed by atoms with E-state index in [0.29, 0.717) is 5.56 Å². The summed E-state index contributed by atoms with van der Waals surface area (Å²) in [6.45, 7) is 0. The predicted octanol–water partition coefficient (Wildman–Crippen LogP) is 0.732. The molecule has 1 amide bonds. The third-order valence-corrected chi connectivity index (χ3v) is 2.55. The SMILES string of the molecule is NC(=O)c1ccc2c(c1)[C@@H](N)CC2. The van der Waals surface area contributed by atoms with Gasteiger partial charge in [-0.15, -0.1) is 0 Å². The molecular formula is C10H12N2O. The topological polar surface area (TPSA) is 69.1 Å². The van der Waals surface area contributed by atoms with E-state index < -0.39 is 0 Å². The van der Waals surface area contributed by atoms with E-state index in [2.05, 4.69) is 0 Å². The van der Waals surface area contributed by atoms with Gasteiger partial charge in [-0.1, -0.05) is 6.07 Å². The van der Waals surface area contributed by atoms with E-state index in [1.807, 2.05) is 12.1 Å². The van der Waals surface area contributed by atoms with Crippen molar-refractivity contribution in [3.63, 3.8) is 0 Å². The van der Waals surface area contributed by atoms with Crippen LogP contribution in [-0.2, 0) is 6.42 Å². The first-order valence-corrected chi connectivity index (χ1v) is 4.36. The zero-order chi connectivity index (χ0) is 9.42. The molecule has 0 fully saturated rings. The standard InChI is InChI=1S/C10H12N2O/c11-9-4-3-6-1-2-7(10(12)13)5-8(6)9/h1-2,5,9H,3-4,11H2,(H2,12,13)/t9-/m0/s1. The van der Waals surface area contributed by atoms with E-state index in [9.17, 15) is 4.79 Å². The number of benzene rings is 1. The van der Waals surface area contributed by atoms with Gasteiger partial charge in [-0.3, -0.25) is 4.79 Å². The second-order valence-corrected chi connectivity index (χ2v) is 3.42. The number of carbonyl (C=O) groups excluding carboxylic acids is 1. The van der Waals surface area contributed by atoms with Crippen molar-refractivity contribution in [1.29, 1.82) is 0 Å². The summed E-state index contributed by atoms with van der Waals surface area (Å²) in [5.74, 6) is -0.387. The fourth-order valence-electron chi connectivity index (χ4n) is 1.79. The van der Waals surface area contributed by atoms with E-state index in [1.165, 1.54) is 5.56 Å². The first kappa shape index (κ1) is 8.26. The van der Waals surface area contributed by atoms with Crippen LogP contribution in [0.4, 0.5) is 0 Å². The maximum Gasteiger partial charge on any atom is 0.248 e. The molecule has 1 aromatic carbocycles. The molecule has 68 valence electrons. The summed E-state index contributed by atoms with van der Waals surface area (Å²) in [5, 5.41) is 0. The molecule has 0 saturated carbocycles. The molecule has 3 nitrogen and oxygen atoms in total. The number of hydrogen-bond acceptors (Lipinski definition) is 2. The molecule has 3 heteroatoms. The van der Waals surface area contributed by atoms with Crippen LogP contribution < -0.4 is 11.5 Å². The van der Waals surface area contributed by atoms with Crippen molar-refractivity contribution in [2.45, 2.75) is 18.9 Å². The van der Waals surface area contributed by atoms with Crippen molar-refractivity contribution in [3.8, 4) is 0 Å². The molecular weight excluding hydrogens is 164 g/mol. The summed E-state index contributed by atoms with van der Waals surface area (Å²) in [5.41, 5.74) is 13.9. The molecule has 1 aliphatic carbocycles. The van der Waals surface area contributed by atoms with Gasteiger partial charge in [0.1, 0.15) is 0 Å². The van der Waals surface area contributed by atoms with Crippen LogP contribution in [0.2, 0.25) is 0 Å². The van der Waals surface area contributed by atoms with Crippen LogP contribution in [0, 0.1) is 0 Å². The van der Waals surface area contributed by atoms with E-state index in [4.69, 9.17) is 11.5 Å². The zero-order valence-corrected chi connectivity index (χ0v) is 7.29. The highest BCUT2D eigenvalue weighted by Crippen LogP contribution is 2.29. The Morgan fingerprint density at radius 3 is 2.92 bits per heavy atom. The molecule has 1 aliphatic rings. The molecule has 4 N–H and O–H groups in total. The molecule has 0 heterocycles. The quantitative estimate of drug-likeness (QED) is 0.662. The minimum absolute atomic E-state index is 0.0781. The highest BCUT2D eigenvalue weighted by atomic mass is 16.1. The number of nitrogens with two attached hydrogens (primary N) is 2. The first-order chi connectivity index (χ1) is 6.18. The van der Waals surface area contributed by atoms with Crippen molar-refractivity contribution < 1.29 is 4.79 Å². The van der Waals surface area contributed by atoms with Crippen LogP contribution in [0.25, 0.3) is 0 Å². The number of hydrogen-bond donors (Lipinski definition) is 2. The van der Waals surface area contributed by atoms with Gasteiger partial charge in [0.2, 0.25) is 5.91 Å². The molecule has 0 aromatic heterocycles. The number of rotatable bonds is 1. The number of carbonyl (C=O) groups is 1.